The van der Waals surface area contributed by atoms with Crippen LogP contribution in [0.1, 0.15) is 33.2 Å². The van der Waals surface area contributed by atoms with Gasteiger partial charge in [0.25, 0.3) is 11.8 Å². The topological polar surface area (TPSA) is 114 Å². The molecule has 0 bridgehead atoms. The Morgan fingerprint density at radius 3 is 2.26 bits per heavy atom. The maximum atomic E-state index is 13.4. The van der Waals surface area contributed by atoms with Gasteiger partial charge in [0.15, 0.2) is 0 Å². The number of para-hydroxylation sites is 1. The number of benzene rings is 4. The van der Waals surface area contributed by atoms with Crippen LogP contribution in [0.25, 0.3) is 6.08 Å². The lowest BCUT2D eigenvalue weighted by molar-refractivity contribution is -0.115. The minimum atomic E-state index is -0.552. The van der Waals surface area contributed by atoms with Crippen LogP contribution < -0.4 is 16.0 Å². The predicted molar refractivity (Wildman–Crippen MR) is 170 cm³/mol. The van der Waals surface area contributed by atoms with Crippen LogP contribution in [0.2, 0.25) is 5.02 Å². The first-order valence-corrected chi connectivity index (χ1v) is 14.4. The van der Waals surface area contributed by atoms with E-state index in [0.717, 1.165) is 4.90 Å². The predicted octanol–water partition coefficient (Wildman–Crippen LogP) is 6.66. The first-order valence-electron chi connectivity index (χ1n) is 13.1. The number of thioether (sulfide) groups is 1. The van der Waals surface area contributed by atoms with Gasteiger partial charge in [-0.3, -0.25) is 14.4 Å². The maximum absolute atomic E-state index is 13.4. The number of hydrogen-bond acceptors (Lipinski definition) is 6. The van der Waals surface area contributed by atoms with Crippen molar-refractivity contribution in [1.82, 2.24) is 5.32 Å². The van der Waals surface area contributed by atoms with Crippen molar-refractivity contribution in [3.8, 4) is 0 Å². The number of rotatable bonds is 10. The standard InChI is InChI=1S/C33H28ClN3O5S/c1-21(30(38)36-28-14-7-6-13-27(28)33(41)42-2)43-26-12-8-11-25(20-26)35-32(40)29(19-22-15-17-24(34)18-16-22)37-31(39)23-9-4-3-5-10-23/h3-21H,1-2H3,(H,35,40)(H,36,38)(H,37,39)/b29-19+. The molecule has 1 atom stereocenters. The lowest BCUT2D eigenvalue weighted by atomic mass is 10.1. The summed E-state index contributed by atoms with van der Waals surface area (Å²) < 4.78 is 4.80. The summed E-state index contributed by atoms with van der Waals surface area (Å²) in [5.74, 6) is -1.84. The fourth-order valence-corrected chi connectivity index (χ4v) is 4.94. The fourth-order valence-electron chi connectivity index (χ4n) is 3.89. The Morgan fingerprint density at radius 2 is 1.53 bits per heavy atom. The van der Waals surface area contributed by atoms with E-state index in [4.69, 9.17) is 16.3 Å². The number of anilines is 2. The zero-order valence-electron chi connectivity index (χ0n) is 23.3. The van der Waals surface area contributed by atoms with Crippen molar-refractivity contribution < 1.29 is 23.9 Å². The van der Waals surface area contributed by atoms with Crippen LogP contribution in [0.15, 0.2) is 114 Å². The second-order valence-corrected chi connectivity index (χ2v) is 11.0. The highest BCUT2D eigenvalue weighted by molar-refractivity contribution is 8.00. The minimum absolute atomic E-state index is 0.0336. The molecule has 0 heterocycles. The smallest absolute Gasteiger partial charge is 0.339 e. The van der Waals surface area contributed by atoms with Crippen LogP contribution in [0, 0.1) is 0 Å². The number of esters is 1. The van der Waals surface area contributed by atoms with Crippen molar-refractivity contribution in [1.29, 1.82) is 0 Å². The van der Waals surface area contributed by atoms with Crippen LogP contribution in [-0.2, 0) is 14.3 Å². The fraction of sp³-hybridized carbons (Fsp3) is 0.0909. The van der Waals surface area contributed by atoms with Gasteiger partial charge in [-0.1, -0.05) is 60.1 Å². The van der Waals surface area contributed by atoms with Gasteiger partial charge in [-0.05, 0) is 73.2 Å². The third kappa shape index (κ3) is 8.81. The van der Waals surface area contributed by atoms with E-state index < -0.39 is 23.0 Å². The number of hydrogen-bond donors (Lipinski definition) is 3. The Balaban J connectivity index is 1.47. The van der Waals surface area contributed by atoms with E-state index in [0.29, 0.717) is 27.5 Å². The highest BCUT2D eigenvalue weighted by atomic mass is 35.5. The molecule has 10 heteroatoms. The molecule has 0 radical (unpaired) electrons. The maximum Gasteiger partial charge on any atom is 0.339 e. The van der Waals surface area contributed by atoms with Gasteiger partial charge < -0.3 is 20.7 Å². The van der Waals surface area contributed by atoms with Crippen LogP contribution in [0.4, 0.5) is 11.4 Å². The third-order valence-electron chi connectivity index (χ3n) is 6.07. The summed E-state index contributed by atoms with van der Waals surface area (Å²) in [5, 5.41) is 8.31. The number of carbonyl (C=O) groups excluding carboxylic acids is 4. The molecule has 8 nitrogen and oxygen atoms in total. The number of ether oxygens (including phenoxy) is 1. The summed E-state index contributed by atoms with van der Waals surface area (Å²) in [6, 6.07) is 29.0. The summed E-state index contributed by atoms with van der Waals surface area (Å²) in [6.07, 6.45) is 1.56. The monoisotopic (exact) mass is 613 g/mol. The molecular formula is C33H28ClN3O5S. The SMILES string of the molecule is COC(=O)c1ccccc1NC(=O)C(C)Sc1cccc(NC(=O)/C(=C\c2ccc(Cl)cc2)NC(=O)c2ccccc2)c1. The van der Waals surface area contributed by atoms with Crippen molar-refractivity contribution in [2.45, 2.75) is 17.1 Å². The van der Waals surface area contributed by atoms with Crippen LogP contribution >= 0.6 is 23.4 Å². The van der Waals surface area contributed by atoms with Crippen molar-refractivity contribution >= 4 is 64.5 Å². The second kappa shape index (κ2) is 14.9. The van der Waals surface area contributed by atoms with Gasteiger partial charge in [0.1, 0.15) is 5.70 Å². The van der Waals surface area contributed by atoms with Crippen molar-refractivity contribution in [3.63, 3.8) is 0 Å². The van der Waals surface area contributed by atoms with E-state index in [1.54, 1.807) is 110 Å². The summed E-state index contributed by atoms with van der Waals surface area (Å²) in [6.45, 7) is 1.73. The number of amides is 3. The van der Waals surface area contributed by atoms with Crippen molar-refractivity contribution in [2.75, 3.05) is 17.7 Å². The molecule has 0 saturated carbocycles. The molecule has 218 valence electrons. The van der Waals surface area contributed by atoms with Crippen molar-refractivity contribution in [3.05, 3.63) is 131 Å². The van der Waals surface area contributed by atoms with Gasteiger partial charge in [0.2, 0.25) is 5.91 Å². The zero-order valence-corrected chi connectivity index (χ0v) is 24.9. The average molecular weight is 614 g/mol. The summed E-state index contributed by atoms with van der Waals surface area (Å²) in [4.78, 5) is 52.0. The van der Waals surface area contributed by atoms with Crippen molar-refractivity contribution in [2.24, 2.45) is 0 Å². The lowest BCUT2D eigenvalue weighted by Crippen LogP contribution is -2.30. The number of methoxy groups -OCH3 is 1. The lowest BCUT2D eigenvalue weighted by Gasteiger charge is -2.15. The molecule has 3 amide bonds. The Morgan fingerprint density at radius 1 is 0.837 bits per heavy atom. The van der Waals surface area contributed by atoms with Crippen LogP contribution in [0.3, 0.4) is 0 Å². The van der Waals surface area contributed by atoms with Gasteiger partial charge in [-0.15, -0.1) is 11.8 Å². The molecule has 0 spiro atoms. The Hall–Kier alpha value is -4.86. The van der Waals surface area contributed by atoms with Gasteiger partial charge in [-0.2, -0.15) is 0 Å². The molecule has 0 saturated heterocycles. The molecule has 1 unspecified atom stereocenters. The number of halogens is 1. The van der Waals surface area contributed by atoms with E-state index in [9.17, 15) is 19.2 Å². The Labute approximate surface area is 258 Å². The van der Waals surface area contributed by atoms with E-state index in [2.05, 4.69) is 16.0 Å². The molecule has 43 heavy (non-hydrogen) atoms. The van der Waals surface area contributed by atoms with Gasteiger partial charge >= 0.3 is 5.97 Å². The molecule has 0 aromatic heterocycles. The molecule has 4 aromatic carbocycles. The Bertz CT molecular complexity index is 1660. The second-order valence-electron chi connectivity index (χ2n) is 9.20. The number of nitrogens with one attached hydrogen (secondary N) is 3. The number of carbonyl (C=O) groups is 4. The average Bonchev–Trinajstić information content (AvgIpc) is 3.02. The zero-order chi connectivity index (χ0) is 30.8. The third-order valence-corrected chi connectivity index (χ3v) is 7.42. The highest BCUT2D eigenvalue weighted by Crippen LogP contribution is 2.27. The molecule has 0 fully saturated rings. The van der Waals surface area contributed by atoms with E-state index in [1.807, 2.05) is 6.07 Å². The molecule has 0 aliphatic rings. The van der Waals surface area contributed by atoms with E-state index in [1.165, 1.54) is 18.9 Å². The van der Waals surface area contributed by atoms with Crippen LogP contribution in [0.5, 0.6) is 0 Å². The largest absolute Gasteiger partial charge is 0.465 e. The summed E-state index contributed by atoms with van der Waals surface area (Å²) in [7, 11) is 1.28. The summed E-state index contributed by atoms with van der Waals surface area (Å²) >= 11 is 7.28. The molecule has 4 rings (SSSR count). The minimum Gasteiger partial charge on any atom is -0.465 e. The van der Waals surface area contributed by atoms with Gasteiger partial charge in [0, 0.05) is 21.2 Å². The molecule has 0 aliphatic heterocycles. The molecular weight excluding hydrogens is 586 g/mol. The first kappa shape index (κ1) is 31.1. The molecule has 0 aliphatic carbocycles. The van der Waals surface area contributed by atoms with E-state index in [-0.39, 0.29) is 17.2 Å². The normalized spacial score (nSPS) is 11.7. The van der Waals surface area contributed by atoms with Gasteiger partial charge in [0.05, 0.1) is 23.6 Å². The summed E-state index contributed by atoms with van der Waals surface area (Å²) in [5.41, 5.74) is 2.17. The molecule has 4 aromatic rings. The first-order chi connectivity index (χ1) is 20.7. The van der Waals surface area contributed by atoms with Crippen LogP contribution in [-0.4, -0.2) is 36.1 Å². The quantitative estimate of drug-likeness (QED) is 0.105. The van der Waals surface area contributed by atoms with Gasteiger partial charge in [-0.25, -0.2) is 4.79 Å². The van der Waals surface area contributed by atoms with E-state index >= 15 is 0 Å². The Kier molecular flexibility index (Phi) is 10.7. The molecule has 3 N–H and O–H groups in total. The highest BCUT2D eigenvalue weighted by Gasteiger charge is 2.19.